The first-order chi connectivity index (χ1) is 14.2. The molecule has 2 heterocycles. The molecule has 160 valence electrons. The molecular formula is C23H29N3O4. The molecule has 0 amide bonds. The Morgan fingerprint density at radius 2 is 1.87 bits per heavy atom. The van der Waals surface area contributed by atoms with Gasteiger partial charge in [0, 0.05) is 28.5 Å². The zero-order valence-electron chi connectivity index (χ0n) is 18.1. The normalized spacial score (nSPS) is 11.5. The molecule has 0 bridgehead atoms. The number of aromatic amines is 2. The molecule has 0 atom stereocenters. The highest BCUT2D eigenvalue weighted by atomic mass is 16.6. The Kier molecular flexibility index (Phi) is 6.20. The molecule has 0 radical (unpaired) electrons. The van der Waals surface area contributed by atoms with E-state index >= 15 is 0 Å². The predicted octanol–water partition coefficient (Wildman–Crippen LogP) is 4.80. The van der Waals surface area contributed by atoms with Crippen LogP contribution in [-0.4, -0.2) is 34.1 Å². The standard InChI is InChI=1S/C23H29N3O4/c1-6-14-19(21(27)29-7-2)18(26-20(14)22(28)30-23(3,4)5)13-25-17-10-8-9-16-15(17)11-12-24-16/h8-12,24-26H,6-7,13H2,1-5H3. The largest absolute Gasteiger partial charge is 0.462 e. The first-order valence-electron chi connectivity index (χ1n) is 10.2. The van der Waals surface area contributed by atoms with Gasteiger partial charge in [0.05, 0.1) is 18.7 Å². The van der Waals surface area contributed by atoms with Gasteiger partial charge in [0.25, 0.3) is 0 Å². The SMILES string of the molecule is CCOC(=O)c1c(CNc2cccc3[nH]ccc23)[nH]c(C(=O)OC(C)(C)C)c1CC. The minimum absolute atomic E-state index is 0.254. The van der Waals surface area contributed by atoms with Gasteiger partial charge in [-0.05, 0) is 57.9 Å². The van der Waals surface area contributed by atoms with Crippen LogP contribution in [0.25, 0.3) is 10.9 Å². The molecule has 1 aromatic carbocycles. The van der Waals surface area contributed by atoms with Crippen molar-refractivity contribution in [2.75, 3.05) is 11.9 Å². The zero-order chi connectivity index (χ0) is 21.9. The topological polar surface area (TPSA) is 96.2 Å². The number of hydrogen-bond donors (Lipinski definition) is 3. The molecule has 0 saturated carbocycles. The van der Waals surface area contributed by atoms with Crippen molar-refractivity contribution in [2.45, 2.75) is 53.2 Å². The van der Waals surface area contributed by atoms with Crippen molar-refractivity contribution in [3.63, 3.8) is 0 Å². The summed E-state index contributed by atoms with van der Waals surface area (Å²) in [4.78, 5) is 31.8. The maximum Gasteiger partial charge on any atom is 0.355 e. The second-order valence-corrected chi connectivity index (χ2v) is 8.01. The second kappa shape index (κ2) is 8.65. The summed E-state index contributed by atoms with van der Waals surface area (Å²) in [5.41, 5.74) is 3.20. The lowest BCUT2D eigenvalue weighted by molar-refractivity contribution is 0.00622. The van der Waals surface area contributed by atoms with E-state index in [0.29, 0.717) is 35.5 Å². The lowest BCUT2D eigenvalue weighted by Gasteiger charge is -2.19. The fourth-order valence-electron chi connectivity index (χ4n) is 3.46. The molecule has 30 heavy (non-hydrogen) atoms. The molecule has 0 aliphatic rings. The molecule has 3 N–H and O–H groups in total. The molecule has 0 spiro atoms. The average Bonchev–Trinajstić information content (AvgIpc) is 3.29. The van der Waals surface area contributed by atoms with Gasteiger partial charge < -0.3 is 24.8 Å². The van der Waals surface area contributed by atoms with E-state index in [0.717, 1.165) is 16.6 Å². The van der Waals surface area contributed by atoms with Crippen LogP contribution in [0.5, 0.6) is 0 Å². The maximum absolute atomic E-state index is 12.8. The van der Waals surface area contributed by atoms with E-state index in [-0.39, 0.29) is 6.61 Å². The van der Waals surface area contributed by atoms with Crippen molar-refractivity contribution >= 4 is 28.5 Å². The number of carbonyl (C=O) groups excluding carboxylic acids is 2. The van der Waals surface area contributed by atoms with E-state index in [1.54, 1.807) is 6.92 Å². The number of fused-ring (bicyclic) bond motifs is 1. The van der Waals surface area contributed by atoms with Gasteiger partial charge in [-0.2, -0.15) is 0 Å². The Bertz CT molecular complexity index is 1060. The third-order valence-corrected chi connectivity index (χ3v) is 4.67. The van der Waals surface area contributed by atoms with Gasteiger partial charge in [-0.1, -0.05) is 13.0 Å². The Labute approximate surface area is 176 Å². The predicted molar refractivity (Wildman–Crippen MR) is 117 cm³/mol. The Morgan fingerprint density at radius 3 is 2.53 bits per heavy atom. The summed E-state index contributed by atoms with van der Waals surface area (Å²) >= 11 is 0. The Hall–Kier alpha value is -3.22. The van der Waals surface area contributed by atoms with E-state index in [4.69, 9.17) is 9.47 Å². The van der Waals surface area contributed by atoms with Gasteiger partial charge in [-0.15, -0.1) is 0 Å². The molecule has 7 nitrogen and oxygen atoms in total. The summed E-state index contributed by atoms with van der Waals surface area (Å²) in [6.07, 6.45) is 2.37. The first kappa shape index (κ1) is 21.5. The van der Waals surface area contributed by atoms with E-state index in [2.05, 4.69) is 15.3 Å². The zero-order valence-corrected chi connectivity index (χ0v) is 18.1. The van der Waals surface area contributed by atoms with E-state index in [1.807, 2.05) is 58.2 Å². The van der Waals surface area contributed by atoms with Crippen LogP contribution in [-0.2, 0) is 22.4 Å². The van der Waals surface area contributed by atoms with Gasteiger partial charge in [0.2, 0.25) is 0 Å². The summed E-state index contributed by atoms with van der Waals surface area (Å²) in [5.74, 6) is -0.930. The van der Waals surface area contributed by atoms with Crippen molar-refractivity contribution in [3.8, 4) is 0 Å². The van der Waals surface area contributed by atoms with Gasteiger partial charge >= 0.3 is 11.9 Å². The average molecular weight is 412 g/mol. The van der Waals surface area contributed by atoms with Crippen LogP contribution in [0.3, 0.4) is 0 Å². The van der Waals surface area contributed by atoms with Gasteiger partial charge in [-0.25, -0.2) is 9.59 Å². The molecule has 0 saturated heterocycles. The third-order valence-electron chi connectivity index (χ3n) is 4.67. The number of nitrogens with one attached hydrogen (secondary N) is 3. The smallest absolute Gasteiger partial charge is 0.355 e. The molecule has 0 fully saturated rings. The Morgan fingerprint density at radius 1 is 1.10 bits per heavy atom. The molecule has 0 aliphatic carbocycles. The van der Waals surface area contributed by atoms with Gasteiger partial charge in [0.15, 0.2) is 0 Å². The highest BCUT2D eigenvalue weighted by molar-refractivity contribution is 5.99. The summed E-state index contributed by atoms with van der Waals surface area (Å²) in [6.45, 7) is 9.68. The summed E-state index contributed by atoms with van der Waals surface area (Å²) in [7, 11) is 0. The minimum atomic E-state index is -0.639. The molecule has 2 aromatic heterocycles. The lowest BCUT2D eigenvalue weighted by Crippen LogP contribution is -2.24. The fraction of sp³-hybridized carbons (Fsp3) is 0.391. The molecular weight excluding hydrogens is 382 g/mol. The maximum atomic E-state index is 12.8. The van der Waals surface area contributed by atoms with E-state index in [1.165, 1.54) is 0 Å². The van der Waals surface area contributed by atoms with E-state index in [9.17, 15) is 9.59 Å². The summed E-state index contributed by atoms with van der Waals surface area (Å²) in [5, 5.41) is 4.41. The lowest BCUT2D eigenvalue weighted by atomic mass is 10.1. The van der Waals surface area contributed by atoms with Crippen molar-refractivity contribution in [1.82, 2.24) is 9.97 Å². The Balaban J connectivity index is 1.98. The molecule has 0 aliphatic heterocycles. The minimum Gasteiger partial charge on any atom is -0.462 e. The van der Waals surface area contributed by atoms with Crippen LogP contribution < -0.4 is 5.32 Å². The molecule has 3 aromatic rings. The second-order valence-electron chi connectivity index (χ2n) is 8.01. The third kappa shape index (κ3) is 4.50. The highest BCUT2D eigenvalue weighted by Gasteiger charge is 2.29. The van der Waals surface area contributed by atoms with Crippen molar-refractivity contribution in [1.29, 1.82) is 0 Å². The van der Waals surface area contributed by atoms with Crippen LogP contribution in [0.2, 0.25) is 0 Å². The van der Waals surface area contributed by atoms with Crippen molar-refractivity contribution < 1.29 is 19.1 Å². The van der Waals surface area contributed by atoms with Crippen molar-refractivity contribution in [2.24, 2.45) is 0 Å². The number of aromatic nitrogens is 2. The number of anilines is 1. The van der Waals surface area contributed by atoms with Crippen molar-refractivity contribution in [3.05, 3.63) is 53.0 Å². The van der Waals surface area contributed by atoms with E-state index < -0.39 is 17.5 Å². The molecule has 3 rings (SSSR count). The fourth-order valence-corrected chi connectivity index (χ4v) is 3.46. The monoisotopic (exact) mass is 411 g/mol. The van der Waals surface area contributed by atoms with Gasteiger partial charge in [0.1, 0.15) is 11.3 Å². The number of H-pyrrole nitrogens is 2. The number of esters is 2. The number of benzene rings is 1. The van der Waals surface area contributed by atoms with Crippen LogP contribution in [0.4, 0.5) is 5.69 Å². The van der Waals surface area contributed by atoms with Crippen LogP contribution in [0.1, 0.15) is 66.7 Å². The van der Waals surface area contributed by atoms with Gasteiger partial charge in [-0.3, -0.25) is 0 Å². The number of ether oxygens (including phenoxy) is 2. The summed E-state index contributed by atoms with van der Waals surface area (Å²) in [6, 6.07) is 7.90. The van der Waals surface area contributed by atoms with Crippen LogP contribution >= 0.6 is 0 Å². The number of rotatable bonds is 7. The summed E-state index contributed by atoms with van der Waals surface area (Å²) < 4.78 is 10.8. The molecule has 7 heteroatoms. The number of hydrogen-bond acceptors (Lipinski definition) is 5. The quantitative estimate of drug-likeness (QED) is 0.485. The first-order valence-corrected chi connectivity index (χ1v) is 10.2. The molecule has 0 unspecified atom stereocenters. The highest BCUT2D eigenvalue weighted by Crippen LogP contribution is 2.27. The van der Waals surface area contributed by atoms with Crippen LogP contribution in [0, 0.1) is 0 Å². The number of carbonyl (C=O) groups is 2. The van der Waals surface area contributed by atoms with Crippen LogP contribution in [0.15, 0.2) is 30.5 Å².